The second-order valence-corrected chi connectivity index (χ2v) is 4.51. The van der Waals surface area contributed by atoms with E-state index in [-0.39, 0.29) is 0 Å². The summed E-state index contributed by atoms with van der Waals surface area (Å²) in [7, 11) is 4.17. The van der Waals surface area contributed by atoms with Crippen molar-refractivity contribution in [3.63, 3.8) is 0 Å². The van der Waals surface area contributed by atoms with Crippen LogP contribution in [0.25, 0.3) is 0 Å². The number of benzene rings is 1. The predicted octanol–water partition coefficient (Wildman–Crippen LogP) is 2.69. The van der Waals surface area contributed by atoms with Crippen molar-refractivity contribution < 1.29 is 0 Å². The molecule has 0 spiro atoms. The Kier molecular flexibility index (Phi) is 3.83. The van der Waals surface area contributed by atoms with Gasteiger partial charge < -0.3 is 15.2 Å². The zero-order chi connectivity index (χ0) is 12.1. The maximum Gasteiger partial charge on any atom is 0.0415 e. The lowest BCUT2D eigenvalue weighted by molar-refractivity contribution is 0.402. The molecule has 17 heavy (non-hydrogen) atoms. The average molecular weight is 229 g/mol. The molecule has 1 aromatic heterocycles. The summed E-state index contributed by atoms with van der Waals surface area (Å²) in [6.45, 7) is 1.83. The number of anilines is 1. The molecule has 0 bridgehead atoms. The minimum Gasteiger partial charge on any atom is -0.381 e. The van der Waals surface area contributed by atoms with Crippen molar-refractivity contribution in [1.82, 2.24) is 9.88 Å². The fourth-order valence-corrected chi connectivity index (χ4v) is 1.82. The number of H-pyrrole nitrogens is 1. The van der Waals surface area contributed by atoms with E-state index in [1.165, 1.54) is 16.8 Å². The number of nitrogens with zero attached hydrogens (tertiary/aromatic N) is 1. The second-order valence-electron chi connectivity index (χ2n) is 4.51. The van der Waals surface area contributed by atoms with E-state index in [2.05, 4.69) is 59.6 Å². The molecule has 1 heterocycles. The lowest BCUT2D eigenvalue weighted by Crippen LogP contribution is -2.10. The molecular weight excluding hydrogens is 210 g/mol. The molecule has 0 unspecified atom stereocenters. The van der Waals surface area contributed by atoms with Crippen LogP contribution in [-0.2, 0) is 13.1 Å². The first kappa shape index (κ1) is 11.7. The molecule has 0 amide bonds. The number of aromatic nitrogens is 1. The van der Waals surface area contributed by atoms with Crippen LogP contribution >= 0.6 is 0 Å². The largest absolute Gasteiger partial charge is 0.381 e. The van der Waals surface area contributed by atoms with Gasteiger partial charge in [-0.25, -0.2) is 0 Å². The van der Waals surface area contributed by atoms with E-state index in [0.29, 0.717) is 0 Å². The van der Waals surface area contributed by atoms with Gasteiger partial charge in [0, 0.05) is 31.2 Å². The van der Waals surface area contributed by atoms with Gasteiger partial charge in [-0.15, -0.1) is 0 Å². The Morgan fingerprint density at radius 1 is 1.18 bits per heavy atom. The van der Waals surface area contributed by atoms with E-state index >= 15 is 0 Å². The van der Waals surface area contributed by atoms with E-state index in [1.807, 2.05) is 12.4 Å². The summed E-state index contributed by atoms with van der Waals surface area (Å²) in [5.74, 6) is 0. The maximum absolute atomic E-state index is 3.42. The van der Waals surface area contributed by atoms with Gasteiger partial charge in [0.2, 0.25) is 0 Å². The molecule has 0 aliphatic heterocycles. The molecule has 90 valence electrons. The Morgan fingerprint density at radius 3 is 2.76 bits per heavy atom. The average Bonchev–Trinajstić information content (AvgIpc) is 2.79. The summed E-state index contributed by atoms with van der Waals surface area (Å²) < 4.78 is 0. The molecule has 2 rings (SSSR count). The van der Waals surface area contributed by atoms with Gasteiger partial charge in [-0.05, 0) is 43.4 Å². The van der Waals surface area contributed by atoms with Gasteiger partial charge in [0.15, 0.2) is 0 Å². The molecular formula is C14H19N3. The van der Waals surface area contributed by atoms with Crippen molar-refractivity contribution in [2.24, 2.45) is 0 Å². The fourth-order valence-electron chi connectivity index (χ4n) is 1.82. The molecule has 0 radical (unpaired) electrons. The maximum atomic E-state index is 3.42. The van der Waals surface area contributed by atoms with Crippen LogP contribution in [0.5, 0.6) is 0 Å². The third kappa shape index (κ3) is 3.64. The quantitative estimate of drug-likeness (QED) is 0.826. The fraction of sp³-hybridized carbons (Fsp3) is 0.286. The molecule has 0 atom stereocenters. The van der Waals surface area contributed by atoms with E-state index in [4.69, 9.17) is 0 Å². The van der Waals surface area contributed by atoms with Crippen LogP contribution in [0.15, 0.2) is 42.7 Å². The third-order valence-corrected chi connectivity index (χ3v) is 2.58. The molecule has 1 aromatic carbocycles. The van der Waals surface area contributed by atoms with Gasteiger partial charge in [0.25, 0.3) is 0 Å². The molecule has 3 nitrogen and oxygen atoms in total. The Morgan fingerprint density at radius 2 is 2.06 bits per heavy atom. The van der Waals surface area contributed by atoms with E-state index in [0.717, 1.165) is 13.1 Å². The topological polar surface area (TPSA) is 31.1 Å². The van der Waals surface area contributed by atoms with E-state index in [1.54, 1.807) is 0 Å². The minimum absolute atomic E-state index is 0.856. The van der Waals surface area contributed by atoms with E-state index in [9.17, 15) is 0 Å². The van der Waals surface area contributed by atoms with Gasteiger partial charge in [-0.3, -0.25) is 0 Å². The van der Waals surface area contributed by atoms with Gasteiger partial charge in [0.1, 0.15) is 0 Å². The highest BCUT2D eigenvalue weighted by Gasteiger charge is 1.98. The molecule has 0 saturated heterocycles. The molecule has 0 aliphatic rings. The molecule has 3 heteroatoms. The number of nitrogens with one attached hydrogen (secondary N) is 2. The summed E-state index contributed by atoms with van der Waals surface area (Å²) in [5.41, 5.74) is 3.77. The van der Waals surface area contributed by atoms with Crippen molar-refractivity contribution in [2.45, 2.75) is 13.1 Å². The highest BCUT2D eigenvalue weighted by Crippen LogP contribution is 2.13. The van der Waals surface area contributed by atoms with E-state index < -0.39 is 0 Å². The first-order valence-electron chi connectivity index (χ1n) is 5.83. The first-order valence-corrected chi connectivity index (χ1v) is 5.83. The Labute approximate surface area is 102 Å². The van der Waals surface area contributed by atoms with Gasteiger partial charge in [-0.2, -0.15) is 0 Å². The lowest BCUT2D eigenvalue weighted by Gasteiger charge is -2.11. The van der Waals surface area contributed by atoms with Crippen molar-refractivity contribution >= 4 is 5.69 Å². The standard InChI is InChI=1S/C14H19N3/c1-17(2)11-12-4-3-5-14(8-12)16-10-13-6-7-15-9-13/h3-9,15-16H,10-11H2,1-2H3. The Balaban J connectivity index is 1.96. The molecule has 2 aromatic rings. The molecule has 0 saturated carbocycles. The van der Waals surface area contributed by atoms with Crippen LogP contribution in [0.1, 0.15) is 11.1 Å². The van der Waals surface area contributed by atoms with Gasteiger partial charge in [-0.1, -0.05) is 12.1 Å². The van der Waals surface area contributed by atoms with Crippen LogP contribution in [0.2, 0.25) is 0 Å². The highest BCUT2D eigenvalue weighted by molar-refractivity contribution is 5.46. The zero-order valence-electron chi connectivity index (χ0n) is 10.4. The molecule has 0 fully saturated rings. The summed E-state index contributed by atoms with van der Waals surface area (Å²) in [5, 5.41) is 3.42. The first-order chi connectivity index (χ1) is 8.24. The Hall–Kier alpha value is -1.74. The highest BCUT2D eigenvalue weighted by atomic mass is 15.0. The van der Waals surface area contributed by atoms with Gasteiger partial charge >= 0.3 is 0 Å². The third-order valence-electron chi connectivity index (χ3n) is 2.58. The van der Waals surface area contributed by atoms with Crippen LogP contribution in [-0.4, -0.2) is 24.0 Å². The van der Waals surface area contributed by atoms with Crippen LogP contribution in [0.3, 0.4) is 0 Å². The number of aromatic amines is 1. The molecule has 0 aliphatic carbocycles. The predicted molar refractivity (Wildman–Crippen MR) is 72.0 cm³/mol. The second kappa shape index (κ2) is 5.55. The summed E-state index contributed by atoms with van der Waals surface area (Å²) in [6, 6.07) is 10.6. The zero-order valence-corrected chi connectivity index (χ0v) is 10.4. The number of hydrogen-bond acceptors (Lipinski definition) is 2. The van der Waals surface area contributed by atoms with Crippen molar-refractivity contribution in [1.29, 1.82) is 0 Å². The number of hydrogen-bond donors (Lipinski definition) is 2. The minimum atomic E-state index is 0.856. The van der Waals surface area contributed by atoms with Gasteiger partial charge in [0.05, 0.1) is 0 Å². The monoisotopic (exact) mass is 229 g/mol. The van der Waals surface area contributed by atoms with Crippen LogP contribution in [0, 0.1) is 0 Å². The lowest BCUT2D eigenvalue weighted by atomic mass is 10.2. The van der Waals surface area contributed by atoms with Crippen LogP contribution in [0.4, 0.5) is 5.69 Å². The summed E-state index contributed by atoms with van der Waals surface area (Å²) in [4.78, 5) is 5.23. The summed E-state index contributed by atoms with van der Waals surface area (Å²) >= 11 is 0. The summed E-state index contributed by atoms with van der Waals surface area (Å²) in [6.07, 6.45) is 3.95. The Bertz CT molecular complexity index is 446. The molecule has 2 N–H and O–H groups in total. The van der Waals surface area contributed by atoms with Crippen LogP contribution < -0.4 is 5.32 Å². The number of rotatable bonds is 5. The van der Waals surface area contributed by atoms with Crippen molar-refractivity contribution in [3.05, 3.63) is 53.9 Å². The smallest absolute Gasteiger partial charge is 0.0415 e. The normalized spacial score (nSPS) is 10.8. The van der Waals surface area contributed by atoms with Crippen molar-refractivity contribution in [3.8, 4) is 0 Å². The van der Waals surface area contributed by atoms with Crippen molar-refractivity contribution in [2.75, 3.05) is 19.4 Å². The SMILES string of the molecule is CN(C)Cc1cccc(NCc2cc[nH]c2)c1.